The van der Waals surface area contributed by atoms with E-state index in [0.717, 1.165) is 5.56 Å². The highest BCUT2D eigenvalue weighted by Gasteiger charge is 2.17. The van der Waals surface area contributed by atoms with Gasteiger partial charge in [-0.2, -0.15) is 0 Å². The number of imidazole rings is 1. The summed E-state index contributed by atoms with van der Waals surface area (Å²) in [6.45, 7) is 3.99. The zero-order chi connectivity index (χ0) is 12.6. The molecule has 0 aliphatic rings. The molecule has 0 saturated heterocycles. The van der Waals surface area contributed by atoms with Crippen LogP contribution in [0.15, 0.2) is 12.4 Å². The van der Waals surface area contributed by atoms with Crippen molar-refractivity contribution in [2.24, 2.45) is 7.05 Å². The van der Waals surface area contributed by atoms with Gasteiger partial charge in [0.15, 0.2) is 11.6 Å². The minimum Gasteiger partial charge on any atom is -0.331 e. The summed E-state index contributed by atoms with van der Waals surface area (Å²) in [6, 6.07) is 0. The van der Waals surface area contributed by atoms with Crippen molar-refractivity contribution in [1.29, 1.82) is 0 Å². The molecule has 0 N–H and O–H groups in total. The lowest BCUT2D eigenvalue weighted by molar-refractivity contribution is 0.841. The predicted molar refractivity (Wildman–Crippen MR) is 68.3 cm³/mol. The van der Waals surface area contributed by atoms with Gasteiger partial charge < -0.3 is 4.57 Å². The third-order valence-electron chi connectivity index (χ3n) is 2.45. The molecule has 2 aromatic heterocycles. The van der Waals surface area contributed by atoms with Gasteiger partial charge in [-0.15, -0.1) is 0 Å². The van der Waals surface area contributed by atoms with Gasteiger partial charge in [-0.05, 0) is 5.92 Å². The van der Waals surface area contributed by atoms with Gasteiger partial charge in [-0.1, -0.05) is 37.0 Å². The van der Waals surface area contributed by atoms with E-state index in [1.165, 1.54) is 0 Å². The minimum atomic E-state index is 0.186. The van der Waals surface area contributed by atoms with E-state index in [4.69, 9.17) is 23.2 Å². The molecule has 0 aromatic carbocycles. The fourth-order valence-electron chi connectivity index (χ4n) is 1.57. The Balaban J connectivity index is 2.57. The summed E-state index contributed by atoms with van der Waals surface area (Å²) in [5.74, 6) is 1.27. The molecule has 0 saturated carbocycles. The number of nitrogens with zero attached hydrogens (tertiary/aromatic N) is 4. The van der Waals surface area contributed by atoms with Crippen molar-refractivity contribution in [2.45, 2.75) is 19.8 Å². The van der Waals surface area contributed by atoms with Crippen LogP contribution < -0.4 is 0 Å². The van der Waals surface area contributed by atoms with E-state index in [0.29, 0.717) is 22.0 Å². The molecule has 0 aliphatic carbocycles. The number of rotatable bonds is 2. The summed E-state index contributed by atoms with van der Waals surface area (Å²) in [7, 11) is 1.86. The maximum Gasteiger partial charge on any atom is 0.198 e. The Kier molecular flexibility index (Phi) is 3.35. The van der Waals surface area contributed by atoms with Gasteiger partial charge in [-0.3, -0.25) is 0 Å². The molecule has 2 rings (SSSR count). The second-order valence-corrected chi connectivity index (χ2v) is 4.77. The minimum absolute atomic E-state index is 0.186. The van der Waals surface area contributed by atoms with E-state index >= 15 is 0 Å². The largest absolute Gasteiger partial charge is 0.331 e. The SMILES string of the molecule is CC(C)c1c(Cl)nc(-c2nccn2C)nc1Cl. The summed E-state index contributed by atoms with van der Waals surface area (Å²) in [6.07, 6.45) is 3.49. The van der Waals surface area contributed by atoms with Crippen LogP contribution in [0.25, 0.3) is 11.6 Å². The lowest BCUT2D eigenvalue weighted by Crippen LogP contribution is -2.02. The molecule has 0 amide bonds. The first kappa shape index (κ1) is 12.3. The second kappa shape index (κ2) is 4.63. The van der Waals surface area contributed by atoms with Crippen molar-refractivity contribution in [3.8, 4) is 11.6 Å². The molecular formula is C11H12Cl2N4. The molecule has 0 radical (unpaired) electrons. The molecule has 6 heteroatoms. The zero-order valence-corrected chi connectivity index (χ0v) is 11.3. The Labute approximate surface area is 110 Å². The van der Waals surface area contributed by atoms with Crippen LogP contribution in [0.5, 0.6) is 0 Å². The quantitative estimate of drug-likeness (QED) is 0.787. The molecule has 0 fully saturated rings. The number of aromatic nitrogens is 4. The molecule has 0 atom stereocenters. The fraction of sp³-hybridized carbons (Fsp3) is 0.364. The molecule has 0 spiro atoms. The second-order valence-electron chi connectivity index (χ2n) is 4.06. The standard InChI is InChI=1S/C11H12Cl2N4/c1-6(2)7-8(12)15-10(16-9(7)13)11-14-4-5-17(11)3/h4-6H,1-3H3. The van der Waals surface area contributed by atoms with Gasteiger partial charge in [-0.25, -0.2) is 15.0 Å². The summed E-state index contributed by atoms with van der Waals surface area (Å²) in [5.41, 5.74) is 0.770. The van der Waals surface area contributed by atoms with Crippen molar-refractivity contribution < 1.29 is 0 Å². The topological polar surface area (TPSA) is 43.6 Å². The average molecular weight is 271 g/mol. The van der Waals surface area contributed by atoms with Gasteiger partial charge >= 0.3 is 0 Å². The average Bonchev–Trinajstić information content (AvgIpc) is 2.62. The third-order valence-corrected chi connectivity index (χ3v) is 3.03. The highest BCUT2D eigenvalue weighted by atomic mass is 35.5. The molecule has 0 bridgehead atoms. The summed E-state index contributed by atoms with van der Waals surface area (Å²) in [5, 5.41) is 0.774. The number of hydrogen-bond donors (Lipinski definition) is 0. The third kappa shape index (κ3) is 2.28. The van der Waals surface area contributed by atoms with Crippen molar-refractivity contribution in [2.75, 3.05) is 0 Å². The Morgan fingerprint density at radius 1 is 1.18 bits per heavy atom. The molecule has 90 valence electrons. The highest BCUT2D eigenvalue weighted by molar-refractivity contribution is 6.34. The number of halogens is 2. The Bertz CT molecular complexity index is 525. The maximum atomic E-state index is 6.13. The van der Waals surface area contributed by atoms with Crippen LogP contribution in [0, 0.1) is 0 Å². The van der Waals surface area contributed by atoms with Crippen molar-refractivity contribution in [3.63, 3.8) is 0 Å². The van der Waals surface area contributed by atoms with Crippen LogP contribution in [0.3, 0.4) is 0 Å². The van der Waals surface area contributed by atoms with Gasteiger partial charge in [0, 0.05) is 25.0 Å². The molecular weight excluding hydrogens is 259 g/mol. The van der Waals surface area contributed by atoms with Crippen LogP contribution in [0.4, 0.5) is 0 Å². The lowest BCUT2D eigenvalue weighted by atomic mass is 10.1. The molecule has 4 nitrogen and oxygen atoms in total. The van der Waals surface area contributed by atoms with Crippen LogP contribution in [-0.4, -0.2) is 19.5 Å². The van der Waals surface area contributed by atoms with E-state index in [2.05, 4.69) is 15.0 Å². The van der Waals surface area contributed by atoms with Crippen LogP contribution in [0.2, 0.25) is 10.3 Å². The van der Waals surface area contributed by atoms with Crippen LogP contribution >= 0.6 is 23.2 Å². The molecule has 2 aromatic rings. The fourth-order valence-corrected chi connectivity index (χ4v) is 2.40. The van der Waals surface area contributed by atoms with E-state index in [9.17, 15) is 0 Å². The predicted octanol–water partition coefficient (Wildman–Crippen LogP) is 3.31. The Morgan fingerprint density at radius 3 is 2.18 bits per heavy atom. The van der Waals surface area contributed by atoms with Crippen molar-refractivity contribution >= 4 is 23.2 Å². The monoisotopic (exact) mass is 270 g/mol. The molecule has 0 aliphatic heterocycles. The normalized spacial score (nSPS) is 11.2. The van der Waals surface area contributed by atoms with Crippen LogP contribution in [0.1, 0.15) is 25.3 Å². The smallest absolute Gasteiger partial charge is 0.198 e. The van der Waals surface area contributed by atoms with E-state index in [-0.39, 0.29) is 5.92 Å². The maximum absolute atomic E-state index is 6.13. The Morgan fingerprint density at radius 2 is 1.76 bits per heavy atom. The summed E-state index contributed by atoms with van der Waals surface area (Å²) in [4.78, 5) is 12.7. The first-order valence-electron chi connectivity index (χ1n) is 5.21. The van der Waals surface area contributed by atoms with Crippen molar-refractivity contribution in [1.82, 2.24) is 19.5 Å². The first-order valence-corrected chi connectivity index (χ1v) is 5.97. The zero-order valence-electron chi connectivity index (χ0n) is 9.78. The van der Waals surface area contributed by atoms with Crippen LogP contribution in [-0.2, 0) is 7.05 Å². The Hall–Kier alpha value is -1.13. The highest BCUT2D eigenvalue weighted by Crippen LogP contribution is 2.30. The molecule has 0 unspecified atom stereocenters. The summed E-state index contributed by atoms with van der Waals surface area (Å²) < 4.78 is 1.82. The van der Waals surface area contributed by atoms with Gasteiger partial charge in [0.05, 0.1) is 0 Å². The van der Waals surface area contributed by atoms with Gasteiger partial charge in [0.2, 0.25) is 0 Å². The number of hydrogen-bond acceptors (Lipinski definition) is 3. The summed E-state index contributed by atoms with van der Waals surface area (Å²) >= 11 is 12.3. The van der Waals surface area contributed by atoms with Gasteiger partial charge in [0.25, 0.3) is 0 Å². The number of aryl methyl sites for hydroxylation is 1. The van der Waals surface area contributed by atoms with Gasteiger partial charge in [0.1, 0.15) is 10.3 Å². The van der Waals surface area contributed by atoms with E-state index < -0.39 is 0 Å². The molecule has 17 heavy (non-hydrogen) atoms. The van der Waals surface area contributed by atoms with E-state index in [1.54, 1.807) is 6.20 Å². The lowest BCUT2D eigenvalue weighted by Gasteiger charge is -2.10. The van der Waals surface area contributed by atoms with Crippen molar-refractivity contribution in [3.05, 3.63) is 28.3 Å². The molecule has 2 heterocycles. The van der Waals surface area contributed by atoms with E-state index in [1.807, 2.05) is 31.7 Å². The first-order chi connectivity index (χ1) is 8.00.